The van der Waals surface area contributed by atoms with Crippen LogP contribution in [0.1, 0.15) is 30.6 Å². The third-order valence-electron chi connectivity index (χ3n) is 5.55. The molecule has 2 aromatic carbocycles. The van der Waals surface area contributed by atoms with Gasteiger partial charge in [0.1, 0.15) is 0 Å². The van der Waals surface area contributed by atoms with E-state index in [9.17, 15) is 13.5 Å². The second kappa shape index (κ2) is 10.9. The average Bonchev–Trinajstić information content (AvgIpc) is 2.99. The van der Waals surface area contributed by atoms with E-state index >= 15 is 0 Å². The second-order valence-corrected chi connectivity index (χ2v) is 10.4. The fraction of sp³-hybridized carbons (Fsp3) is 0.478. The van der Waals surface area contributed by atoms with E-state index in [0.717, 1.165) is 24.1 Å². The topological polar surface area (TPSA) is 70.1 Å². The fourth-order valence-corrected chi connectivity index (χ4v) is 5.26. The number of sulfonamides is 1. The molecule has 0 bridgehead atoms. The van der Waals surface area contributed by atoms with E-state index in [0.29, 0.717) is 36.1 Å². The molecular weight excluding hydrogens is 436 g/mol. The zero-order valence-corrected chi connectivity index (χ0v) is 19.6. The lowest BCUT2D eigenvalue weighted by atomic mass is 10.1. The van der Waals surface area contributed by atoms with Crippen LogP contribution in [0.25, 0.3) is 0 Å². The Morgan fingerprint density at radius 2 is 1.71 bits per heavy atom. The van der Waals surface area contributed by atoms with Crippen LogP contribution < -0.4 is 0 Å². The molecule has 0 amide bonds. The SMILES string of the molecule is Cc1ccc(S(=O)(=O)N2CCCN(C[C@H](O)CO[C@@H](C)c3ccc(Cl)cc3)CC2)cc1. The van der Waals surface area contributed by atoms with Crippen molar-refractivity contribution < 1.29 is 18.3 Å². The van der Waals surface area contributed by atoms with Crippen LogP contribution in [-0.2, 0) is 14.8 Å². The van der Waals surface area contributed by atoms with Gasteiger partial charge in [0.2, 0.25) is 10.0 Å². The van der Waals surface area contributed by atoms with Crippen LogP contribution in [0.2, 0.25) is 5.02 Å². The maximum absolute atomic E-state index is 12.9. The van der Waals surface area contributed by atoms with Gasteiger partial charge in [0, 0.05) is 31.2 Å². The Kier molecular flexibility index (Phi) is 8.50. The van der Waals surface area contributed by atoms with E-state index in [2.05, 4.69) is 4.90 Å². The van der Waals surface area contributed by atoms with Crippen LogP contribution >= 0.6 is 11.6 Å². The Bertz CT molecular complexity index is 935. The number of rotatable bonds is 8. The summed E-state index contributed by atoms with van der Waals surface area (Å²) in [5.74, 6) is 0. The molecule has 1 heterocycles. The first-order valence-corrected chi connectivity index (χ1v) is 12.4. The standard InChI is InChI=1S/C23H31ClN2O4S/c1-18-4-10-23(11-5-18)31(28,29)26-13-3-12-25(14-15-26)16-22(27)17-30-19(2)20-6-8-21(24)9-7-20/h4-11,19,22,27H,3,12-17H2,1-2H3/t19-,22-/m0/s1. The van der Waals surface area contributed by atoms with Gasteiger partial charge in [0.05, 0.1) is 23.7 Å². The number of halogens is 1. The Labute approximate surface area is 190 Å². The molecule has 0 unspecified atom stereocenters. The third-order valence-corrected chi connectivity index (χ3v) is 7.72. The van der Waals surface area contributed by atoms with Gasteiger partial charge in [-0.25, -0.2) is 8.42 Å². The molecule has 1 aliphatic rings. The molecule has 1 fully saturated rings. The highest BCUT2D eigenvalue weighted by Gasteiger charge is 2.27. The predicted octanol–water partition coefficient (Wildman–Crippen LogP) is 3.48. The highest BCUT2D eigenvalue weighted by molar-refractivity contribution is 7.89. The zero-order valence-electron chi connectivity index (χ0n) is 18.1. The molecule has 1 aliphatic heterocycles. The number of aryl methyl sites for hydroxylation is 1. The van der Waals surface area contributed by atoms with Gasteiger partial charge < -0.3 is 9.84 Å². The van der Waals surface area contributed by atoms with Gasteiger partial charge in [0.25, 0.3) is 0 Å². The summed E-state index contributed by atoms with van der Waals surface area (Å²) in [6.45, 7) is 6.75. The summed E-state index contributed by atoms with van der Waals surface area (Å²) in [6, 6.07) is 14.4. The first-order valence-electron chi connectivity index (χ1n) is 10.6. The number of aliphatic hydroxyl groups excluding tert-OH is 1. The largest absolute Gasteiger partial charge is 0.389 e. The first kappa shape index (κ1) is 24.2. The minimum atomic E-state index is -3.50. The minimum absolute atomic E-state index is 0.147. The lowest BCUT2D eigenvalue weighted by Gasteiger charge is -2.24. The Morgan fingerprint density at radius 3 is 2.39 bits per heavy atom. The van der Waals surface area contributed by atoms with Gasteiger partial charge in [-0.2, -0.15) is 4.31 Å². The van der Waals surface area contributed by atoms with E-state index in [1.54, 1.807) is 16.4 Å². The van der Waals surface area contributed by atoms with E-state index in [-0.39, 0.29) is 12.7 Å². The van der Waals surface area contributed by atoms with Crippen molar-refractivity contribution in [1.82, 2.24) is 9.21 Å². The molecule has 170 valence electrons. The molecule has 2 aromatic rings. The quantitative estimate of drug-likeness (QED) is 0.645. The molecule has 3 rings (SSSR count). The zero-order chi connectivity index (χ0) is 22.4. The molecule has 0 radical (unpaired) electrons. The van der Waals surface area contributed by atoms with Crippen LogP contribution in [-0.4, -0.2) is 68.2 Å². The summed E-state index contributed by atoms with van der Waals surface area (Å²) < 4.78 is 33.3. The maximum Gasteiger partial charge on any atom is 0.243 e. The molecule has 0 spiro atoms. The first-order chi connectivity index (χ1) is 14.8. The number of hydrogen-bond acceptors (Lipinski definition) is 5. The van der Waals surface area contributed by atoms with Crippen LogP contribution in [0, 0.1) is 6.92 Å². The molecule has 2 atom stereocenters. The van der Waals surface area contributed by atoms with Crippen LogP contribution in [0.4, 0.5) is 0 Å². The molecule has 8 heteroatoms. The van der Waals surface area contributed by atoms with Gasteiger partial charge in [-0.05, 0) is 56.6 Å². The van der Waals surface area contributed by atoms with Crippen molar-refractivity contribution in [3.05, 3.63) is 64.7 Å². The van der Waals surface area contributed by atoms with Gasteiger partial charge in [-0.1, -0.05) is 41.4 Å². The van der Waals surface area contributed by atoms with Crippen LogP contribution in [0.3, 0.4) is 0 Å². The summed E-state index contributed by atoms with van der Waals surface area (Å²) >= 11 is 5.92. The summed E-state index contributed by atoms with van der Waals surface area (Å²) in [5.41, 5.74) is 2.03. The summed E-state index contributed by atoms with van der Waals surface area (Å²) in [5, 5.41) is 11.1. The number of ether oxygens (including phenoxy) is 1. The third kappa shape index (κ3) is 6.75. The van der Waals surface area contributed by atoms with Crippen LogP contribution in [0.15, 0.2) is 53.4 Å². The molecular formula is C23H31ClN2O4S. The van der Waals surface area contributed by atoms with E-state index in [4.69, 9.17) is 16.3 Å². The second-order valence-electron chi connectivity index (χ2n) is 8.05. The minimum Gasteiger partial charge on any atom is -0.389 e. The maximum atomic E-state index is 12.9. The van der Waals surface area contributed by atoms with Crippen molar-refractivity contribution in [2.24, 2.45) is 0 Å². The number of nitrogens with zero attached hydrogens (tertiary/aromatic N) is 2. The number of hydrogen-bond donors (Lipinski definition) is 1. The highest BCUT2D eigenvalue weighted by atomic mass is 35.5. The normalized spacial score (nSPS) is 18.5. The van der Waals surface area contributed by atoms with Crippen molar-refractivity contribution in [3.63, 3.8) is 0 Å². The predicted molar refractivity (Wildman–Crippen MR) is 123 cm³/mol. The number of aliphatic hydroxyl groups is 1. The van der Waals surface area contributed by atoms with Crippen molar-refractivity contribution in [2.45, 2.75) is 37.4 Å². The lowest BCUT2D eigenvalue weighted by molar-refractivity contribution is -0.0151. The number of β-amino-alcohol motifs (C(OH)–C–C–N with tert-alkyl or cyclic N) is 1. The molecule has 0 aromatic heterocycles. The lowest BCUT2D eigenvalue weighted by Crippen LogP contribution is -2.39. The van der Waals surface area contributed by atoms with E-state index in [1.807, 2.05) is 50.2 Å². The van der Waals surface area contributed by atoms with Crippen molar-refractivity contribution in [2.75, 3.05) is 39.3 Å². The highest BCUT2D eigenvalue weighted by Crippen LogP contribution is 2.20. The van der Waals surface area contributed by atoms with Gasteiger partial charge >= 0.3 is 0 Å². The molecule has 31 heavy (non-hydrogen) atoms. The van der Waals surface area contributed by atoms with E-state index in [1.165, 1.54) is 0 Å². The molecule has 1 N–H and O–H groups in total. The van der Waals surface area contributed by atoms with Gasteiger partial charge in [0.15, 0.2) is 0 Å². The summed E-state index contributed by atoms with van der Waals surface area (Å²) in [6.07, 6.45) is -0.0685. The summed E-state index contributed by atoms with van der Waals surface area (Å²) in [4.78, 5) is 2.43. The Morgan fingerprint density at radius 1 is 1.03 bits per heavy atom. The van der Waals surface area contributed by atoms with Crippen molar-refractivity contribution >= 4 is 21.6 Å². The Balaban J connectivity index is 1.49. The van der Waals surface area contributed by atoms with E-state index < -0.39 is 16.1 Å². The van der Waals surface area contributed by atoms with Gasteiger partial charge in [-0.3, -0.25) is 4.90 Å². The molecule has 6 nitrogen and oxygen atoms in total. The average molecular weight is 467 g/mol. The summed E-state index contributed by atoms with van der Waals surface area (Å²) in [7, 11) is -3.50. The monoisotopic (exact) mass is 466 g/mol. The number of benzene rings is 2. The van der Waals surface area contributed by atoms with Crippen molar-refractivity contribution in [1.29, 1.82) is 0 Å². The molecule has 1 saturated heterocycles. The molecule has 0 saturated carbocycles. The fourth-order valence-electron chi connectivity index (χ4n) is 3.67. The van der Waals surface area contributed by atoms with Gasteiger partial charge in [-0.15, -0.1) is 0 Å². The smallest absolute Gasteiger partial charge is 0.243 e. The molecule has 0 aliphatic carbocycles. The van der Waals surface area contributed by atoms with Crippen molar-refractivity contribution in [3.8, 4) is 0 Å². The van der Waals surface area contributed by atoms with Crippen LogP contribution in [0.5, 0.6) is 0 Å². The Hall–Kier alpha value is -1.48.